The Hall–Kier alpha value is -2.40. The lowest BCUT2D eigenvalue weighted by atomic mass is 10.2. The zero-order valence-corrected chi connectivity index (χ0v) is 10.9. The number of nitrogens with two attached hydrogens (primary N) is 1. The lowest BCUT2D eigenvalue weighted by Gasteiger charge is -2.06. The maximum atomic E-state index is 5.70. The number of nitrogens with one attached hydrogen (secondary N) is 1. The van der Waals surface area contributed by atoms with E-state index < -0.39 is 0 Å². The van der Waals surface area contributed by atoms with Crippen molar-refractivity contribution in [3.8, 4) is 17.1 Å². The Kier molecular flexibility index (Phi) is 2.89. The highest BCUT2D eigenvalue weighted by Gasteiger charge is 2.09. The van der Waals surface area contributed by atoms with E-state index in [4.69, 9.17) is 18.0 Å². The van der Waals surface area contributed by atoms with E-state index in [1.165, 1.54) is 0 Å². The van der Waals surface area contributed by atoms with Gasteiger partial charge in [0.1, 0.15) is 0 Å². The topological polar surface area (TPSA) is 59.6 Å². The molecule has 3 aromatic rings. The van der Waals surface area contributed by atoms with Crippen LogP contribution in [-0.2, 0) is 0 Å². The summed E-state index contributed by atoms with van der Waals surface area (Å²) in [4.78, 5) is 0. The summed E-state index contributed by atoms with van der Waals surface area (Å²) in [6.45, 7) is 0. The number of hydrogen-bond donors (Lipinski definition) is 2. The Morgan fingerprint density at radius 2 is 1.68 bits per heavy atom. The highest BCUT2D eigenvalue weighted by molar-refractivity contribution is 7.71. The predicted octanol–water partition coefficient (Wildman–Crippen LogP) is 3.18. The second kappa shape index (κ2) is 4.70. The molecule has 0 spiro atoms. The van der Waals surface area contributed by atoms with Gasteiger partial charge in [-0.2, -0.15) is 5.10 Å². The van der Waals surface area contributed by atoms with Crippen LogP contribution in [-0.4, -0.2) is 14.8 Å². The van der Waals surface area contributed by atoms with E-state index in [0.717, 1.165) is 22.8 Å². The molecule has 0 radical (unpaired) electrons. The van der Waals surface area contributed by atoms with Crippen molar-refractivity contribution in [2.75, 3.05) is 5.73 Å². The van der Waals surface area contributed by atoms with Crippen molar-refractivity contribution in [1.82, 2.24) is 14.8 Å². The molecule has 0 amide bonds. The van der Waals surface area contributed by atoms with E-state index in [-0.39, 0.29) is 0 Å². The molecule has 0 atom stereocenters. The highest BCUT2D eigenvalue weighted by atomic mass is 32.1. The van der Waals surface area contributed by atoms with Crippen LogP contribution in [0.5, 0.6) is 0 Å². The first kappa shape index (κ1) is 11.7. The minimum Gasteiger partial charge on any atom is -0.399 e. The van der Waals surface area contributed by atoms with Crippen molar-refractivity contribution < 1.29 is 0 Å². The van der Waals surface area contributed by atoms with Gasteiger partial charge in [-0.3, -0.25) is 9.67 Å². The van der Waals surface area contributed by atoms with Gasteiger partial charge >= 0.3 is 0 Å². The Bertz CT molecular complexity index is 741. The lowest BCUT2D eigenvalue weighted by Crippen LogP contribution is -1.97. The van der Waals surface area contributed by atoms with Crippen LogP contribution in [0.4, 0.5) is 5.69 Å². The molecule has 0 aliphatic rings. The first-order valence-corrected chi connectivity index (χ1v) is 6.25. The standard InChI is InChI=1S/C14H12N4S/c15-11-8-6-10(7-9-11)13-16-17-14(19)18(13)12-4-2-1-3-5-12/h1-9H,15H2,(H,17,19). The molecule has 0 unspecified atom stereocenters. The number of anilines is 1. The molecule has 3 rings (SSSR count). The third-order valence-electron chi connectivity index (χ3n) is 2.86. The van der Waals surface area contributed by atoms with Crippen LogP contribution in [0, 0.1) is 4.77 Å². The third-order valence-corrected chi connectivity index (χ3v) is 3.13. The number of nitrogen functional groups attached to an aromatic ring is 1. The van der Waals surface area contributed by atoms with Gasteiger partial charge in [0, 0.05) is 16.9 Å². The van der Waals surface area contributed by atoms with Crippen molar-refractivity contribution >= 4 is 17.9 Å². The minimum atomic E-state index is 0.568. The Morgan fingerprint density at radius 1 is 1.00 bits per heavy atom. The average Bonchev–Trinajstić information content (AvgIpc) is 2.82. The zero-order valence-electron chi connectivity index (χ0n) is 10.1. The SMILES string of the molecule is Nc1ccc(-c2n[nH]c(=S)n2-c2ccccc2)cc1. The molecule has 0 aliphatic heterocycles. The summed E-state index contributed by atoms with van der Waals surface area (Å²) in [5.74, 6) is 0.774. The molecule has 19 heavy (non-hydrogen) atoms. The van der Waals surface area contributed by atoms with Gasteiger partial charge in [0.2, 0.25) is 0 Å². The van der Waals surface area contributed by atoms with E-state index in [1.54, 1.807) is 0 Å². The molecule has 94 valence electrons. The fraction of sp³-hybridized carbons (Fsp3) is 0. The molecule has 0 fully saturated rings. The van der Waals surface area contributed by atoms with E-state index >= 15 is 0 Å². The summed E-state index contributed by atoms with van der Waals surface area (Å²) in [5, 5.41) is 7.13. The second-order valence-corrected chi connectivity index (χ2v) is 4.53. The highest BCUT2D eigenvalue weighted by Crippen LogP contribution is 2.22. The van der Waals surface area contributed by atoms with E-state index in [2.05, 4.69) is 10.2 Å². The zero-order chi connectivity index (χ0) is 13.2. The fourth-order valence-corrected chi connectivity index (χ4v) is 2.18. The lowest BCUT2D eigenvalue weighted by molar-refractivity contribution is 1.04. The molecule has 5 heteroatoms. The molecule has 1 heterocycles. The van der Waals surface area contributed by atoms with Crippen LogP contribution < -0.4 is 5.73 Å². The molecule has 3 N–H and O–H groups in total. The Morgan fingerprint density at radius 3 is 2.37 bits per heavy atom. The largest absolute Gasteiger partial charge is 0.399 e. The normalized spacial score (nSPS) is 10.5. The molecule has 0 saturated carbocycles. The van der Waals surface area contributed by atoms with E-state index in [1.807, 2.05) is 59.2 Å². The van der Waals surface area contributed by atoms with Crippen molar-refractivity contribution in [1.29, 1.82) is 0 Å². The average molecular weight is 268 g/mol. The maximum Gasteiger partial charge on any atom is 0.200 e. The van der Waals surface area contributed by atoms with Gasteiger partial charge in [-0.05, 0) is 48.6 Å². The van der Waals surface area contributed by atoms with E-state index in [0.29, 0.717) is 4.77 Å². The number of benzene rings is 2. The van der Waals surface area contributed by atoms with Crippen LogP contribution in [0.25, 0.3) is 17.1 Å². The second-order valence-electron chi connectivity index (χ2n) is 4.15. The monoisotopic (exact) mass is 268 g/mol. The first-order valence-electron chi connectivity index (χ1n) is 5.84. The molecular formula is C14H12N4S. The number of aromatic nitrogens is 3. The summed E-state index contributed by atoms with van der Waals surface area (Å²) >= 11 is 5.30. The molecule has 0 saturated heterocycles. The summed E-state index contributed by atoms with van der Waals surface area (Å²) in [6.07, 6.45) is 0. The fourth-order valence-electron chi connectivity index (χ4n) is 1.94. The van der Waals surface area contributed by atoms with Crippen LogP contribution in [0.2, 0.25) is 0 Å². The molecular weight excluding hydrogens is 256 g/mol. The molecule has 2 aromatic carbocycles. The Balaban J connectivity index is 2.19. The summed E-state index contributed by atoms with van der Waals surface area (Å²) < 4.78 is 2.47. The van der Waals surface area contributed by atoms with Crippen LogP contribution in [0.15, 0.2) is 54.6 Å². The number of rotatable bonds is 2. The Labute approximate surface area is 115 Å². The van der Waals surface area contributed by atoms with Crippen LogP contribution >= 0.6 is 12.2 Å². The van der Waals surface area contributed by atoms with Crippen LogP contribution in [0.1, 0.15) is 0 Å². The van der Waals surface area contributed by atoms with Gasteiger partial charge in [-0.25, -0.2) is 0 Å². The molecule has 0 bridgehead atoms. The number of hydrogen-bond acceptors (Lipinski definition) is 3. The van der Waals surface area contributed by atoms with E-state index in [9.17, 15) is 0 Å². The van der Waals surface area contributed by atoms with Crippen molar-refractivity contribution in [3.63, 3.8) is 0 Å². The molecule has 4 nitrogen and oxygen atoms in total. The van der Waals surface area contributed by atoms with Crippen molar-refractivity contribution in [3.05, 3.63) is 59.4 Å². The number of nitrogens with zero attached hydrogens (tertiary/aromatic N) is 2. The van der Waals surface area contributed by atoms with Gasteiger partial charge in [-0.15, -0.1) is 0 Å². The number of para-hydroxylation sites is 1. The summed E-state index contributed by atoms with van der Waals surface area (Å²) in [5.41, 5.74) is 8.37. The van der Waals surface area contributed by atoms with Gasteiger partial charge in [-0.1, -0.05) is 18.2 Å². The summed E-state index contributed by atoms with van der Waals surface area (Å²) in [6, 6.07) is 17.5. The first-order chi connectivity index (χ1) is 9.25. The van der Waals surface area contributed by atoms with Crippen molar-refractivity contribution in [2.24, 2.45) is 0 Å². The third kappa shape index (κ3) is 2.15. The van der Waals surface area contributed by atoms with Gasteiger partial charge in [0.05, 0.1) is 0 Å². The van der Waals surface area contributed by atoms with Crippen LogP contribution in [0.3, 0.4) is 0 Å². The quantitative estimate of drug-likeness (QED) is 0.554. The molecule has 0 aliphatic carbocycles. The smallest absolute Gasteiger partial charge is 0.200 e. The predicted molar refractivity (Wildman–Crippen MR) is 78.6 cm³/mol. The number of aromatic amines is 1. The molecule has 1 aromatic heterocycles. The summed E-state index contributed by atoms with van der Waals surface area (Å²) in [7, 11) is 0. The van der Waals surface area contributed by atoms with Gasteiger partial charge in [0.25, 0.3) is 0 Å². The number of H-pyrrole nitrogens is 1. The van der Waals surface area contributed by atoms with Gasteiger partial charge in [0.15, 0.2) is 10.6 Å². The minimum absolute atomic E-state index is 0.568. The maximum absolute atomic E-state index is 5.70. The van der Waals surface area contributed by atoms with Gasteiger partial charge < -0.3 is 5.73 Å². The van der Waals surface area contributed by atoms with Crippen molar-refractivity contribution in [2.45, 2.75) is 0 Å².